The highest BCUT2D eigenvalue weighted by Gasteiger charge is 2.43. The Bertz CT molecular complexity index is 340. The first-order valence-electron chi connectivity index (χ1n) is 7.09. The van der Waals surface area contributed by atoms with Gasteiger partial charge in [-0.2, -0.15) is 0 Å². The number of hydrogen-bond donors (Lipinski definition) is 1. The van der Waals surface area contributed by atoms with Crippen molar-refractivity contribution in [1.82, 2.24) is 9.80 Å². The zero-order valence-corrected chi connectivity index (χ0v) is 12.5. The third kappa shape index (κ3) is 3.39. The number of carboxylic acid groups (broad SMARTS) is 1. The Morgan fingerprint density at radius 1 is 1.42 bits per heavy atom. The van der Waals surface area contributed by atoms with Gasteiger partial charge in [-0.15, -0.1) is 0 Å². The maximum atomic E-state index is 12.3. The van der Waals surface area contributed by atoms with Crippen LogP contribution >= 0.6 is 0 Å². The molecule has 1 atom stereocenters. The molecular weight excluding hydrogens is 244 g/mol. The summed E-state index contributed by atoms with van der Waals surface area (Å²) in [5.41, 5.74) is -0.750. The SMILES string of the molecule is CCCC1(C(=O)O)CCCN(C(=O)N(C)C(C)C)C1. The summed E-state index contributed by atoms with van der Waals surface area (Å²) in [7, 11) is 1.77. The summed E-state index contributed by atoms with van der Waals surface area (Å²) in [6, 6.07) is 0.0660. The van der Waals surface area contributed by atoms with Crippen LogP contribution in [0.1, 0.15) is 46.5 Å². The summed E-state index contributed by atoms with van der Waals surface area (Å²) in [5.74, 6) is -0.765. The van der Waals surface area contributed by atoms with Gasteiger partial charge in [0.05, 0.1) is 5.41 Å². The molecule has 19 heavy (non-hydrogen) atoms. The molecule has 1 aliphatic heterocycles. The van der Waals surface area contributed by atoms with E-state index in [0.717, 1.165) is 12.8 Å². The number of nitrogens with zero attached hydrogens (tertiary/aromatic N) is 2. The van der Waals surface area contributed by atoms with Gasteiger partial charge in [0.25, 0.3) is 0 Å². The number of carboxylic acids is 1. The van der Waals surface area contributed by atoms with E-state index >= 15 is 0 Å². The minimum Gasteiger partial charge on any atom is -0.481 e. The minimum atomic E-state index is -0.765. The van der Waals surface area contributed by atoms with Crippen molar-refractivity contribution in [3.8, 4) is 0 Å². The molecule has 1 saturated heterocycles. The van der Waals surface area contributed by atoms with Gasteiger partial charge in [0.2, 0.25) is 0 Å². The fourth-order valence-corrected chi connectivity index (χ4v) is 2.70. The van der Waals surface area contributed by atoms with Crippen LogP contribution < -0.4 is 0 Å². The number of aliphatic carboxylic acids is 1. The predicted molar refractivity (Wildman–Crippen MR) is 74.1 cm³/mol. The molecule has 0 bridgehead atoms. The molecular formula is C14H26N2O3. The summed E-state index contributed by atoms with van der Waals surface area (Å²) in [6.07, 6.45) is 2.90. The lowest BCUT2D eigenvalue weighted by Crippen LogP contribution is -2.53. The maximum absolute atomic E-state index is 12.3. The first-order chi connectivity index (χ1) is 8.84. The van der Waals surface area contributed by atoms with Crippen molar-refractivity contribution in [1.29, 1.82) is 0 Å². The van der Waals surface area contributed by atoms with Gasteiger partial charge in [-0.25, -0.2) is 4.79 Å². The summed E-state index contributed by atoms with van der Waals surface area (Å²) in [4.78, 5) is 27.3. The molecule has 2 amide bonds. The van der Waals surface area contributed by atoms with E-state index in [1.54, 1.807) is 16.8 Å². The second-order valence-corrected chi connectivity index (χ2v) is 5.85. The van der Waals surface area contributed by atoms with Crippen molar-refractivity contribution in [2.45, 2.75) is 52.5 Å². The minimum absolute atomic E-state index is 0.0589. The van der Waals surface area contributed by atoms with Crippen LogP contribution in [0.3, 0.4) is 0 Å². The Morgan fingerprint density at radius 3 is 2.53 bits per heavy atom. The molecule has 0 spiro atoms. The van der Waals surface area contributed by atoms with Crippen LogP contribution in [-0.2, 0) is 4.79 Å². The van der Waals surface area contributed by atoms with Crippen molar-refractivity contribution in [2.75, 3.05) is 20.1 Å². The zero-order chi connectivity index (χ0) is 14.6. The Labute approximate surface area is 115 Å². The number of hydrogen-bond acceptors (Lipinski definition) is 2. The molecule has 1 aliphatic rings. The Hall–Kier alpha value is -1.26. The van der Waals surface area contributed by atoms with Crippen LogP contribution in [0.5, 0.6) is 0 Å². The molecule has 0 saturated carbocycles. The average molecular weight is 270 g/mol. The number of amides is 2. The quantitative estimate of drug-likeness (QED) is 0.853. The van der Waals surface area contributed by atoms with Gasteiger partial charge in [-0.3, -0.25) is 4.79 Å². The first-order valence-corrected chi connectivity index (χ1v) is 7.09. The molecule has 0 aromatic rings. The molecule has 1 fully saturated rings. The van der Waals surface area contributed by atoms with Crippen molar-refractivity contribution < 1.29 is 14.7 Å². The third-order valence-electron chi connectivity index (χ3n) is 4.11. The number of carbonyl (C=O) groups is 2. The molecule has 1 heterocycles. The largest absolute Gasteiger partial charge is 0.481 e. The molecule has 0 aromatic heterocycles. The van der Waals surface area contributed by atoms with Crippen LogP contribution in [0.25, 0.3) is 0 Å². The molecule has 0 radical (unpaired) electrons. The fourth-order valence-electron chi connectivity index (χ4n) is 2.70. The van der Waals surface area contributed by atoms with Crippen molar-refractivity contribution >= 4 is 12.0 Å². The molecule has 1 N–H and O–H groups in total. The summed E-state index contributed by atoms with van der Waals surface area (Å²) in [6.45, 7) is 6.91. The molecule has 0 aromatic carbocycles. The van der Waals surface area contributed by atoms with E-state index in [0.29, 0.717) is 25.9 Å². The van der Waals surface area contributed by atoms with E-state index in [4.69, 9.17) is 0 Å². The molecule has 110 valence electrons. The highest BCUT2D eigenvalue weighted by molar-refractivity contribution is 5.79. The van der Waals surface area contributed by atoms with E-state index in [1.807, 2.05) is 20.8 Å². The third-order valence-corrected chi connectivity index (χ3v) is 4.11. The second-order valence-electron chi connectivity index (χ2n) is 5.85. The van der Waals surface area contributed by atoms with Gasteiger partial charge >= 0.3 is 12.0 Å². The second kappa shape index (κ2) is 6.26. The van der Waals surface area contributed by atoms with Crippen LogP contribution in [0, 0.1) is 5.41 Å². The Kier molecular flexibility index (Phi) is 5.20. The number of piperidine rings is 1. The van der Waals surface area contributed by atoms with Crippen molar-refractivity contribution in [2.24, 2.45) is 5.41 Å². The van der Waals surface area contributed by atoms with Gasteiger partial charge in [-0.05, 0) is 33.1 Å². The van der Waals surface area contributed by atoms with E-state index in [2.05, 4.69) is 0 Å². The van der Waals surface area contributed by atoms with E-state index in [9.17, 15) is 14.7 Å². The standard InChI is InChI=1S/C14H26N2O3/c1-5-7-14(12(17)18)8-6-9-16(10-14)13(19)15(4)11(2)3/h11H,5-10H2,1-4H3,(H,17,18). The fraction of sp³-hybridized carbons (Fsp3) is 0.857. The van der Waals surface area contributed by atoms with E-state index < -0.39 is 11.4 Å². The van der Waals surface area contributed by atoms with Crippen molar-refractivity contribution in [3.05, 3.63) is 0 Å². The van der Waals surface area contributed by atoms with Gasteiger partial charge < -0.3 is 14.9 Å². The van der Waals surface area contributed by atoms with E-state index in [-0.39, 0.29) is 12.1 Å². The number of rotatable bonds is 4. The van der Waals surface area contributed by atoms with Crippen molar-refractivity contribution in [3.63, 3.8) is 0 Å². The topological polar surface area (TPSA) is 60.9 Å². The average Bonchev–Trinajstić information content (AvgIpc) is 2.37. The number of carbonyl (C=O) groups excluding carboxylic acids is 1. The normalized spacial score (nSPS) is 23.5. The van der Waals surface area contributed by atoms with E-state index in [1.165, 1.54) is 0 Å². The van der Waals surface area contributed by atoms with Gasteiger partial charge in [0, 0.05) is 26.2 Å². The smallest absolute Gasteiger partial charge is 0.320 e. The molecule has 0 aliphatic carbocycles. The van der Waals surface area contributed by atoms with Crippen LogP contribution in [-0.4, -0.2) is 53.1 Å². The highest BCUT2D eigenvalue weighted by Crippen LogP contribution is 2.35. The Morgan fingerprint density at radius 2 is 2.05 bits per heavy atom. The molecule has 1 rings (SSSR count). The van der Waals surface area contributed by atoms with Crippen LogP contribution in [0.2, 0.25) is 0 Å². The van der Waals surface area contributed by atoms with Crippen LogP contribution in [0.4, 0.5) is 4.79 Å². The maximum Gasteiger partial charge on any atom is 0.320 e. The summed E-state index contributed by atoms with van der Waals surface area (Å²) >= 11 is 0. The van der Waals surface area contributed by atoms with Gasteiger partial charge in [0.15, 0.2) is 0 Å². The summed E-state index contributed by atoms with van der Waals surface area (Å²) < 4.78 is 0. The summed E-state index contributed by atoms with van der Waals surface area (Å²) in [5, 5.41) is 9.52. The first kappa shape index (κ1) is 15.8. The van der Waals surface area contributed by atoms with Crippen LogP contribution in [0.15, 0.2) is 0 Å². The zero-order valence-electron chi connectivity index (χ0n) is 12.5. The molecule has 1 unspecified atom stereocenters. The number of urea groups is 1. The number of likely N-dealkylation sites (tertiary alicyclic amines) is 1. The molecule has 5 heteroatoms. The lowest BCUT2D eigenvalue weighted by molar-refractivity contribution is -0.152. The highest BCUT2D eigenvalue weighted by atomic mass is 16.4. The Balaban J connectivity index is 2.83. The van der Waals surface area contributed by atoms with Gasteiger partial charge in [0.1, 0.15) is 0 Å². The lowest BCUT2D eigenvalue weighted by atomic mass is 9.76. The molecule has 5 nitrogen and oxygen atoms in total. The van der Waals surface area contributed by atoms with Gasteiger partial charge in [-0.1, -0.05) is 13.3 Å². The lowest BCUT2D eigenvalue weighted by Gasteiger charge is -2.41. The monoisotopic (exact) mass is 270 g/mol. The predicted octanol–water partition coefficient (Wildman–Crippen LogP) is 2.41.